The predicted molar refractivity (Wildman–Crippen MR) is 84.7 cm³/mol. The third-order valence-electron chi connectivity index (χ3n) is 10.7. The molecule has 130 valence electrons. The lowest BCUT2D eigenvalue weighted by Gasteiger charge is -2.60. The summed E-state index contributed by atoms with van der Waals surface area (Å²) in [5, 5.41) is 0. The van der Waals surface area contributed by atoms with Crippen LogP contribution in [0.5, 0.6) is 0 Å². The Bertz CT molecular complexity index is 813. The molecule has 1 spiro atoms. The van der Waals surface area contributed by atoms with Crippen LogP contribution >= 0.6 is 0 Å². The van der Waals surface area contributed by atoms with E-state index in [9.17, 15) is 9.59 Å². The van der Waals surface area contributed by atoms with Crippen LogP contribution in [0.2, 0.25) is 0 Å². The first-order chi connectivity index (χ1) is 12.2. The van der Waals surface area contributed by atoms with Gasteiger partial charge in [-0.25, -0.2) is 0 Å². The largest absolute Gasteiger partial charge is 0.469 e. The highest BCUT2D eigenvalue weighted by Crippen LogP contribution is 2.98. The minimum Gasteiger partial charge on any atom is -0.469 e. The van der Waals surface area contributed by atoms with Gasteiger partial charge in [0.15, 0.2) is 0 Å². The summed E-state index contributed by atoms with van der Waals surface area (Å²) in [6, 6.07) is 0. The first kappa shape index (κ1) is 12.9. The molecule has 9 aliphatic rings. The van der Waals surface area contributed by atoms with Crippen LogP contribution in [0.3, 0.4) is 0 Å². The molecule has 9 rings (SSSR count). The second-order valence-electron chi connectivity index (χ2n) is 10.2. The minimum absolute atomic E-state index is 0.00245. The van der Waals surface area contributed by atoms with Crippen molar-refractivity contribution >= 4 is 11.9 Å². The topological polar surface area (TPSA) is 52.6 Å². The van der Waals surface area contributed by atoms with E-state index in [1.54, 1.807) is 0 Å². The number of rotatable bonds is 1. The lowest BCUT2D eigenvalue weighted by Crippen LogP contribution is -2.68. The number of ether oxygens (including phenoxy) is 2. The van der Waals surface area contributed by atoms with Crippen molar-refractivity contribution in [1.82, 2.24) is 0 Å². The van der Waals surface area contributed by atoms with Crippen molar-refractivity contribution in [3.8, 4) is 0 Å². The zero-order chi connectivity index (χ0) is 16.5. The molecule has 1 aliphatic heterocycles. The maximum Gasteiger partial charge on any atom is 0.314 e. The Hall–Kier alpha value is -1.32. The predicted octanol–water partition coefficient (Wildman–Crippen LogP) is 2.04. The molecule has 0 aromatic rings. The Balaban J connectivity index is 1.49. The van der Waals surface area contributed by atoms with Gasteiger partial charge in [0.25, 0.3) is 0 Å². The molecule has 13 atom stereocenters. The van der Waals surface area contributed by atoms with Crippen LogP contribution in [0.1, 0.15) is 19.3 Å². The zero-order valence-electron chi connectivity index (χ0n) is 14.3. The van der Waals surface area contributed by atoms with Gasteiger partial charge in [-0.3, -0.25) is 9.59 Å². The van der Waals surface area contributed by atoms with E-state index in [1.807, 2.05) is 0 Å². The van der Waals surface area contributed by atoms with Crippen molar-refractivity contribution < 1.29 is 19.1 Å². The Morgan fingerprint density at radius 3 is 2.80 bits per heavy atom. The van der Waals surface area contributed by atoms with Crippen LogP contribution in [0.25, 0.3) is 0 Å². The van der Waals surface area contributed by atoms with Gasteiger partial charge in [-0.1, -0.05) is 12.2 Å². The van der Waals surface area contributed by atoms with Gasteiger partial charge >= 0.3 is 11.9 Å². The number of hydrogen-bond donors (Lipinski definition) is 0. The Labute approximate surface area is 146 Å². The average molecular weight is 338 g/mol. The lowest BCUT2D eigenvalue weighted by molar-refractivity contribution is -0.231. The highest BCUT2D eigenvalue weighted by Gasteiger charge is 3.02. The maximum atomic E-state index is 13.6. The number of allylic oxidation sites excluding steroid dienone is 2. The molecule has 8 bridgehead atoms. The second kappa shape index (κ2) is 3.32. The second-order valence-corrected chi connectivity index (χ2v) is 10.2. The third-order valence-corrected chi connectivity index (χ3v) is 10.7. The summed E-state index contributed by atoms with van der Waals surface area (Å²) in [4.78, 5) is 27.1. The maximum absolute atomic E-state index is 13.6. The molecule has 1 saturated heterocycles. The summed E-state index contributed by atoms with van der Waals surface area (Å²) in [7, 11) is 1.53. The molecule has 7 saturated carbocycles. The van der Waals surface area contributed by atoms with E-state index in [1.165, 1.54) is 7.11 Å². The molecule has 0 aromatic heterocycles. The van der Waals surface area contributed by atoms with Crippen molar-refractivity contribution in [3.63, 3.8) is 0 Å². The van der Waals surface area contributed by atoms with Gasteiger partial charge in [-0.2, -0.15) is 0 Å². The van der Waals surface area contributed by atoms with Crippen molar-refractivity contribution in [2.75, 3.05) is 7.11 Å². The van der Waals surface area contributed by atoms with E-state index in [2.05, 4.69) is 12.2 Å². The monoisotopic (exact) mass is 338 g/mol. The molecule has 0 N–H and O–H groups in total. The fourth-order valence-corrected chi connectivity index (χ4v) is 11.4. The van der Waals surface area contributed by atoms with Gasteiger partial charge in [0.1, 0.15) is 6.10 Å². The molecule has 0 unspecified atom stereocenters. The van der Waals surface area contributed by atoms with Crippen LogP contribution in [-0.2, 0) is 19.1 Å². The number of methoxy groups -OCH3 is 1. The van der Waals surface area contributed by atoms with E-state index in [0.717, 1.165) is 19.3 Å². The smallest absolute Gasteiger partial charge is 0.314 e. The van der Waals surface area contributed by atoms with Crippen molar-refractivity contribution in [1.29, 1.82) is 0 Å². The molecule has 8 fully saturated rings. The summed E-state index contributed by atoms with van der Waals surface area (Å²) in [6.07, 6.45) is 8.07. The zero-order valence-corrected chi connectivity index (χ0v) is 14.3. The lowest BCUT2D eigenvalue weighted by atomic mass is 9.43. The highest BCUT2D eigenvalue weighted by molar-refractivity contribution is 5.95. The van der Waals surface area contributed by atoms with E-state index < -0.39 is 10.8 Å². The van der Waals surface area contributed by atoms with Crippen LogP contribution < -0.4 is 0 Å². The highest BCUT2D eigenvalue weighted by atomic mass is 16.6. The number of fused-ring (bicyclic) bond motifs is 1. The van der Waals surface area contributed by atoms with Gasteiger partial charge in [0.2, 0.25) is 0 Å². The standard InChI is InChI=1S/C21H22O4/c1-24-18(22)20-14-7-3-2-4-8(7)15-12(14)13-16(20)9-5-6-10-11(9)17(13)21(15,20)19(23)25-10/h2-3,7-17H,4-6H2,1H3/t7-,8+,9-,10-,11-,12+,13+,14+,15+,16-,17+,20-,21-/m1/s1. The molecular formula is C21H22O4. The van der Waals surface area contributed by atoms with Gasteiger partial charge in [0, 0.05) is 5.92 Å². The van der Waals surface area contributed by atoms with E-state index in [0.29, 0.717) is 59.2 Å². The Kier molecular flexibility index (Phi) is 1.72. The van der Waals surface area contributed by atoms with Gasteiger partial charge < -0.3 is 9.47 Å². The Morgan fingerprint density at radius 2 is 1.96 bits per heavy atom. The average Bonchev–Trinajstić information content (AvgIpc) is 3.36. The van der Waals surface area contributed by atoms with E-state index in [-0.39, 0.29) is 18.0 Å². The first-order valence-electron chi connectivity index (χ1n) is 10.2. The molecule has 0 aromatic carbocycles. The van der Waals surface area contributed by atoms with Gasteiger partial charge in [-0.05, 0) is 72.5 Å². The number of carbonyl (C=O) groups excluding carboxylic acids is 2. The summed E-state index contributed by atoms with van der Waals surface area (Å²) in [5.41, 5.74) is -1.09. The molecular weight excluding hydrogens is 316 g/mol. The minimum atomic E-state index is -0.560. The molecule has 0 radical (unpaired) electrons. The number of hydrogen-bond acceptors (Lipinski definition) is 4. The third kappa shape index (κ3) is 0.821. The summed E-state index contributed by atoms with van der Waals surface area (Å²) in [5.74, 6) is 4.84. The fourth-order valence-electron chi connectivity index (χ4n) is 11.4. The van der Waals surface area contributed by atoms with Crippen LogP contribution in [0.15, 0.2) is 12.2 Å². The summed E-state index contributed by atoms with van der Waals surface area (Å²) < 4.78 is 11.6. The van der Waals surface area contributed by atoms with Gasteiger partial charge in [-0.15, -0.1) is 0 Å². The Morgan fingerprint density at radius 1 is 1.12 bits per heavy atom. The van der Waals surface area contributed by atoms with Crippen molar-refractivity contribution in [3.05, 3.63) is 12.2 Å². The molecule has 0 amide bonds. The first-order valence-corrected chi connectivity index (χ1v) is 10.2. The van der Waals surface area contributed by atoms with Gasteiger partial charge in [0.05, 0.1) is 17.9 Å². The van der Waals surface area contributed by atoms with E-state index >= 15 is 0 Å². The summed E-state index contributed by atoms with van der Waals surface area (Å²) >= 11 is 0. The molecule has 8 aliphatic carbocycles. The quantitative estimate of drug-likeness (QED) is 0.542. The molecule has 25 heavy (non-hydrogen) atoms. The van der Waals surface area contributed by atoms with Crippen LogP contribution in [0.4, 0.5) is 0 Å². The molecule has 4 nitrogen and oxygen atoms in total. The SMILES string of the molecule is COC(=O)[C@@]12[C@@H]3[C@@H]4CC[C@H]5OC(=O)[C@@]16[C@H]([C@H]3[C@H]1[C@@H]2[C@@H]2C=CC[C@@H]2[C@@H]16)[C@H]45. The van der Waals surface area contributed by atoms with Crippen LogP contribution in [0, 0.1) is 70.0 Å². The van der Waals surface area contributed by atoms with E-state index in [4.69, 9.17) is 9.47 Å². The number of carbonyl (C=O) groups is 2. The van der Waals surface area contributed by atoms with Crippen LogP contribution in [-0.4, -0.2) is 25.2 Å². The van der Waals surface area contributed by atoms with Crippen molar-refractivity contribution in [2.45, 2.75) is 25.4 Å². The summed E-state index contributed by atoms with van der Waals surface area (Å²) in [6.45, 7) is 0. The van der Waals surface area contributed by atoms with Crippen molar-refractivity contribution in [2.24, 2.45) is 70.0 Å². The fraction of sp³-hybridized carbons (Fsp3) is 0.810. The normalized spacial score (nSPS) is 70.4. The number of esters is 2. The molecule has 4 heteroatoms. The molecule has 1 heterocycles.